The fourth-order valence-corrected chi connectivity index (χ4v) is 4.08. The van der Waals surface area contributed by atoms with E-state index in [1.807, 2.05) is 19.1 Å². The van der Waals surface area contributed by atoms with Gasteiger partial charge in [-0.3, -0.25) is 0 Å². The molecule has 2 aromatic carbocycles. The molecule has 0 aliphatic carbocycles. The lowest BCUT2D eigenvalue weighted by Crippen LogP contribution is -2.34. The molecule has 1 N–H and O–H groups in total. The van der Waals surface area contributed by atoms with E-state index in [2.05, 4.69) is 10.8 Å². The van der Waals surface area contributed by atoms with Gasteiger partial charge in [-0.25, -0.2) is 13.1 Å². The Hall–Kier alpha value is -1.56. The lowest BCUT2D eigenvalue weighted by atomic mass is 10.0. The smallest absolute Gasteiger partial charge is 0.240 e. The highest BCUT2D eigenvalue weighted by Crippen LogP contribution is 2.26. The van der Waals surface area contributed by atoms with Gasteiger partial charge in [0.25, 0.3) is 0 Å². The van der Waals surface area contributed by atoms with Gasteiger partial charge < -0.3 is 4.74 Å². The number of halogens is 1. The second kappa shape index (κ2) is 6.51. The Balaban J connectivity index is 1.69. The number of hydrogen-bond donors (Lipinski definition) is 1. The Labute approximate surface area is 141 Å². The molecule has 1 atom stereocenters. The van der Waals surface area contributed by atoms with Crippen molar-refractivity contribution in [2.75, 3.05) is 6.61 Å². The first-order valence-electron chi connectivity index (χ1n) is 7.46. The summed E-state index contributed by atoms with van der Waals surface area (Å²) in [6.07, 6.45) is 1.54. The van der Waals surface area contributed by atoms with Gasteiger partial charge in [0, 0.05) is 17.5 Å². The van der Waals surface area contributed by atoms with Gasteiger partial charge >= 0.3 is 0 Å². The number of ether oxygens (including phenoxy) is 1. The molecule has 122 valence electrons. The van der Waals surface area contributed by atoms with Crippen LogP contribution in [0.2, 0.25) is 5.02 Å². The van der Waals surface area contributed by atoms with Crippen LogP contribution in [0.25, 0.3) is 0 Å². The molecule has 0 bridgehead atoms. The highest BCUT2D eigenvalue weighted by atomic mass is 35.5. The van der Waals surface area contributed by atoms with Crippen LogP contribution < -0.4 is 9.46 Å². The van der Waals surface area contributed by atoms with E-state index in [9.17, 15) is 8.42 Å². The minimum absolute atomic E-state index is 0.212. The highest BCUT2D eigenvalue weighted by molar-refractivity contribution is 7.89. The van der Waals surface area contributed by atoms with Gasteiger partial charge in [-0.1, -0.05) is 23.7 Å². The minimum Gasteiger partial charge on any atom is -0.493 e. The maximum atomic E-state index is 12.4. The zero-order valence-corrected chi connectivity index (χ0v) is 14.3. The molecule has 1 heterocycles. The van der Waals surface area contributed by atoms with E-state index in [0.717, 1.165) is 24.3 Å². The molecule has 0 aromatic heterocycles. The number of rotatable bonds is 5. The standard InChI is InChI=1S/C17H18ClNO3S/c1-12(10-13-2-7-17-14(11-13)8-9-22-17)19-23(20,21)16-5-3-15(18)4-6-16/h2-7,11-12,19H,8-10H2,1H3. The van der Waals surface area contributed by atoms with Crippen molar-refractivity contribution < 1.29 is 13.2 Å². The molecule has 1 unspecified atom stereocenters. The van der Waals surface area contributed by atoms with E-state index in [0.29, 0.717) is 11.4 Å². The van der Waals surface area contributed by atoms with E-state index in [1.54, 1.807) is 12.1 Å². The van der Waals surface area contributed by atoms with Crippen LogP contribution in [0.15, 0.2) is 47.4 Å². The summed E-state index contributed by atoms with van der Waals surface area (Å²) < 4.78 is 32.9. The molecule has 0 saturated carbocycles. The largest absolute Gasteiger partial charge is 0.493 e. The molecular weight excluding hydrogens is 334 g/mol. The Morgan fingerprint density at radius 3 is 2.70 bits per heavy atom. The van der Waals surface area contributed by atoms with E-state index in [1.165, 1.54) is 17.7 Å². The van der Waals surface area contributed by atoms with Crippen LogP contribution in [0.5, 0.6) is 5.75 Å². The number of fused-ring (bicyclic) bond motifs is 1. The summed E-state index contributed by atoms with van der Waals surface area (Å²) in [5.74, 6) is 0.933. The van der Waals surface area contributed by atoms with Crippen LogP contribution in [0.1, 0.15) is 18.1 Å². The number of hydrogen-bond acceptors (Lipinski definition) is 3. The summed E-state index contributed by atoms with van der Waals surface area (Å²) in [5.41, 5.74) is 2.29. The number of sulfonamides is 1. The first kappa shape index (κ1) is 16.3. The van der Waals surface area contributed by atoms with Gasteiger partial charge in [0.1, 0.15) is 5.75 Å². The molecule has 23 heavy (non-hydrogen) atoms. The maximum absolute atomic E-state index is 12.4. The van der Waals surface area contributed by atoms with Gasteiger partial charge in [0.2, 0.25) is 10.0 Å². The maximum Gasteiger partial charge on any atom is 0.240 e. The molecular formula is C17H18ClNO3S. The average Bonchev–Trinajstić information content (AvgIpc) is 2.94. The van der Waals surface area contributed by atoms with Crippen LogP contribution >= 0.6 is 11.6 Å². The first-order valence-corrected chi connectivity index (χ1v) is 9.33. The third kappa shape index (κ3) is 3.86. The van der Waals surface area contributed by atoms with Gasteiger partial charge in [0.05, 0.1) is 11.5 Å². The van der Waals surface area contributed by atoms with Crippen molar-refractivity contribution in [3.8, 4) is 5.75 Å². The third-order valence-corrected chi connectivity index (χ3v) is 5.63. The number of nitrogens with one attached hydrogen (secondary N) is 1. The average molecular weight is 352 g/mol. The van der Waals surface area contributed by atoms with Crippen LogP contribution in [0, 0.1) is 0 Å². The van der Waals surface area contributed by atoms with Crippen molar-refractivity contribution in [3.63, 3.8) is 0 Å². The molecule has 6 heteroatoms. The van der Waals surface area contributed by atoms with Gasteiger partial charge in [0.15, 0.2) is 0 Å². The van der Waals surface area contributed by atoms with Crippen molar-refractivity contribution in [2.24, 2.45) is 0 Å². The van der Waals surface area contributed by atoms with Crippen LogP contribution in [-0.4, -0.2) is 21.1 Å². The van der Waals surface area contributed by atoms with Gasteiger partial charge in [-0.2, -0.15) is 0 Å². The fraction of sp³-hybridized carbons (Fsp3) is 0.294. The van der Waals surface area contributed by atoms with Crippen molar-refractivity contribution in [3.05, 3.63) is 58.6 Å². The Morgan fingerprint density at radius 1 is 1.22 bits per heavy atom. The zero-order chi connectivity index (χ0) is 16.4. The molecule has 3 rings (SSSR count). The molecule has 0 radical (unpaired) electrons. The molecule has 4 nitrogen and oxygen atoms in total. The summed E-state index contributed by atoms with van der Waals surface area (Å²) in [6.45, 7) is 2.58. The van der Waals surface area contributed by atoms with Crippen molar-refractivity contribution >= 4 is 21.6 Å². The second-order valence-corrected chi connectivity index (χ2v) is 7.87. The summed E-state index contributed by atoms with van der Waals surface area (Å²) in [6, 6.07) is 12.0. The summed E-state index contributed by atoms with van der Waals surface area (Å²) in [4.78, 5) is 0.219. The fourth-order valence-electron chi connectivity index (χ4n) is 2.71. The molecule has 1 aliphatic heterocycles. The molecule has 0 fully saturated rings. The predicted molar refractivity (Wildman–Crippen MR) is 90.6 cm³/mol. The monoisotopic (exact) mass is 351 g/mol. The molecule has 0 spiro atoms. The second-order valence-electron chi connectivity index (χ2n) is 5.72. The SMILES string of the molecule is CC(Cc1ccc2c(c1)CCO2)NS(=O)(=O)c1ccc(Cl)cc1. The lowest BCUT2D eigenvalue weighted by Gasteiger charge is -2.15. The Morgan fingerprint density at radius 2 is 1.96 bits per heavy atom. The Bertz CT molecular complexity index is 803. The van der Waals surface area contributed by atoms with E-state index < -0.39 is 10.0 Å². The Kier molecular flexibility index (Phi) is 4.62. The van der Waals surface area contributed by atoms with E-state index in [4.69, 9.17) is 16.3 Å². The highest BCUT2D eigenvalue weighted by Gasteiger charge is 2.18. The minimum atomic E-state index is -3.54. The predicted octanol–water partition coefficient (Wildman–Crippen LogP) is 3.18. The van der Waals surface area contributed by atoms with Crippen molar-refractivity contribution in [1.29, 1.82) is 0 Å². The molecule has 1 aliphatic rings. The molecule has 0 saturated heterocycles. The normalized spacial score (nSPS) is 15.0. The quantitative estimate of drug-likeness (QED) is 0.900. The lowest BCUT2D eigenvalue weighted by molar-refractivity contribution is 0.357. The topological polar surface area (TPSA) is 55.4 Å². The molecule has 0 amide bonds. The summed E-state index contributed by atoms with van der Waals surface area (Å²) >= 11 is 5.80. The number of benzene rings is 2. The van der Waals surface area contributed by atoms with Crippen molar-refractivity contribution in [1.82, 2.24) is 4.72 Å². The van der Waals surface area contributed by atoms with Crippen LogP contribution in [-0.2, 0) is 22.9 Å². The van der Waals surface area contributed by atoms with Gasteiger partial charge in [-0.05, 0) is 54.8 Å². The summed E-state index contributed by atoms with van der Waals surface area (Å²) in [7, 11) is -3.54. The van der Waals surface area contributed by atoms with Crippen LogP contribution in [0.3, 0.4) is 0 Å². The first-order chi connectivity index (χ1) is 10.9. The van der Waals surface area contributed by atoms with Crippen LogP contribution in [0.4, 0.5) is 0 Å². The molecule has 2 aromatic rings. The van der Waals surface area contributed by atoms with Crippen molar-refractivity contribution in [2.45, 2.75) is 30.7 Å². The van der Waals surface area contributed by atoms with E-state index >= 15 is 0 Å². The van der Waals surface area contributed by atoms with Gasteiger partial charge in [-0.15, -0.1) is 0 Å². The van der Waals surface area contributed by atoms with E-state index in [-0.39, 0.29) is 10.9 Å². The zero-order valence-electron chi connectivity index (χ0n) is 12.8. The third-order valence-electron chi connectivity index (χ3n) is 3.78. The summed E-state index contributed by atoms with van der Waals surface area (Å²) in [5, 5.41) is 0.511.